The highest BCUT2D eigenvalue weighted by Gasteiger charge is 2.21. The summed E-state index contributed by atoms with van der Waals surface area (Å²) >= 11 is 1.47. The van der Waals surface area contributed by atoms with Crippen molar-refractivity contribution >= 4 is 17.2 Å². The zero-order valence-electron chi connectivity index (χ0n) is 14.9. The number of nitrogens with one attached hydrogen (secondary N) is 1. The van der Waals surface area contributed by atoms with Crippen molar-refractivity contribution in [2.75, 3.05) is 34.3 Å². The summed E-state index contributed by atoms with van der Waals surface area (Å²) < 4.78 is 5.16. The summed E-state index contributed by atoms with van der Waals surface area (Å²) in [5, 5.41) is 5.61. The van der Waals surface area contributed by atoms with Gasteiger partial charge in [-0.05, 0) is 43.8 Å². The van der Waals surface area contributed by atoms with Crippen molar-refractivity contribution in [2.24, 2.45) is 5.41 Å². The predicted octanol–water partition coefficient (Wildman–Crippen LogP) is 3.14. The molecule has 0 saturated carbocycles. The molecule has 2 aromatic rings. The zero-order chi connectivity index (χ0) is 17.7. The number of methoxy groups -OCH3 is 1. The second-order valence-electron chi connectivity index (χ2n) is 6.85. The van der Waals surface area contributed by atoms with Gasteiger partial charge in [-0.15, -0.1) is 11.3 Å². The fraction of sp³-hybridized carbons (Fsp3) is 0.444. The number of benzene rings is 1. The Morgan fingerprint density at radius 3 is 2.54 bits per heavy atom. The largest absolute Gasteiger partial charge is 0.497 e. The van der Waals surface area contributed by atoms with Crippen LogP contribution in [-0.4, -0.2) is 50.1 Å². The molecule has 0 spiro atoms. The highest BCUT2D eigenvalue weighted by molar-refractivity contribution is 7.13. The van der Waals surface area contributed by atoms with Gasteiger partial charge in [-0.3, -0.25) is 4.79 Å². The van der Waals surface area contributed by atoms with Crippen LogP contribution in [0, 0.1) is 5.41 Å². The molecule has 0 aliphatic heterocycles. The van der Waals surface area contributed by atoms with E-state index in [0.29, 0.717) is 12.2 Å². The predicted molar refractivity (Wildman–Crippen MR) is 98.8 cm³/mol. The van der Waals surface area contributed by atoms with E-state index in [4.69, 9.17) is 4.74 Å². The van der Waals surface area contributed by atoms with Gasteiger partial charge in [0.2, 0.25) is 0 Å². The molecule has 1 amide bonds. The van der Waals surface area contributed by atoms with Crippen molar-refractivity contribution in [1.82, 2.24) is 15.2 Å². The molecule has 0 fully saturated rings. The molecule has 0 bridgehead atoms. The molecule has 130 valence electrons. The maximum Gasteiger partial charge on any atom is 0.270 e. The summed E-state index contributed by atoms with van der Waals surface area (Å²) in [5.74, 6) is 0.675. The third-order valence-corrected chi connectivity index (χ3v) is 4.44. The lowest BCUT2D eigenvalue weighted by molar-refractivity contribution is 0.0925. The number of hydrogen-bond donors (Lipinski definition) is 1. The Labute approximate surface area is 147 Å². The Balaban J connectivity index is 2.00. The van der Waals surface area contributed by atoms with E-state index in [1.54, 1.807) is 12.5 Å². The number of carbonyl (C=O) groups excluding carboxylic acids is 1. The van der Waals surface area contributed by atoms with E-state index in [1.807, 2.05) is 38.4 Å². The molecule has 6 heteroatoms. The van der Waals surface area contributed by atoms with Crippen molar-refractivity contribution in [3.8, 4) is 16.3 Å². The van der Waals surface area contributed by atoms with Gasteiger partial charge in [-0.2, -0.15) is 0 Å². The van der Waals surface area contributed by atoms with Crippen molar-refractivity contribution in [1.29, 1.82) is 0 Å². The van der Waals surface area contributed by atoms with E-state index >= 15 is 0 Å². The van der Waals surface area contributed by atoms with E-state index in [9.17, 15) is 4.79 Å². The lowest BCUT2D eigenvalue weighted by atomic mass is 9.93. The minimum Gasteiger partial charge on any atom is -0.497 e. The Morgan fingerprint density at radius 2 is 1.96 bits per heavy atom. The highest BCUT2D eigenvalue weighted by Crippen LogP contribution is 2.25. The molecule has 1 N–H and O–H groups in total. The number of hydrogen-bond acceptors (Lipinski definition) is 5. The molecular formula is C18H25N3O2S. The smallest absolute Gasteiger partial charge is 0.270 e. The first-order valence-electron chi connectivity index (χ1n) is 7.83. The van der Waals surface area contributed by atoms with Crippen molar-refractivity contribution in [3.63, 3.8) is 0 Å². The fourth-order valence-corrected chi connectivity index (χ4v) is 3.37. The number of ether oxygens (including phenoxy) is 1. The van der Waals surface area contributed by atoms with Crippen LogP contribution >= 0.6 is 11.3 Å². The van der Waals surface area contributed by atoms with E-state index in [0.717, 1.165) is 22.9 Å². The molecule has 0 saturated heterocycles. The third kappa shape index (κ3) is 5.04. The second-order valence-corrected chi connectivity index (χ2v) is 7.71. The number of rotatable bonds is 7. The zero-order valence-corrected chi connectivity index (χ0v) is 15.7. The normalized spacial score (nSPS) is 11.6. The van der Waals surface area contributed by atoms with E-state index in [-0.39, 0.29) is 11.3 Å². The van der Waals surface area contributed by atoms with Gasteiger partial charge >= 0.3 is 0 Å². The van der Waals surface area contributed by atoms with E-state index < -0.39 is 0 Å². The first-order chi connectivity index (χ1) is 11.3. The summed E-state index contributed by atoms with van der Waals surface area (Å²) in [6, 6.07) is 7.67. The molecule has 1 heterocycles. The van der Waals surface area contributed by atoms with Crippen molar-refractivity contribution < 1.29 is 9.53 Å². The van der Waals surface area contributed by atoms with Crippen LogP contribution in [0.5, 0.6) is 5.75 Å². The minimum absolute atomic E-state index is 0.00793. The summed E-state index contributed by atoms with van der Waals surface area (Å²) in [4.78, 5) is 18.9. The number of carbonyl (C=O) groups is 1. The molecule has 0 radical (unpaired) electrons. The minimum atomic E-state index is -0.127. The Bertz CT molecular complexity index is 678. The number of aromatic nitrogens is 1. The van der Waals surface area contributed by atoms with Gasteiger partial charge in [0, 0.05) is 24.0 Å². The van der Waals surface area contributed by atoms with Gasteiger partial charge in [0.15, 0.2) is 0 Å². The van der Waals surface area contributed by atoms with Crippen LogP contribution in [0.15, 0.2) is 29.6 Å². The van der Waals surface area contributed by atoms with Crippen LogP contribution in [0.1, 0.15) is 24.3 Å². The van der Waals surface area contributed by atoms with Crippen LogP contribution < -0.4 is 10.1 Å². The Kier molecular flexibility index (Phi) is 5.96. The monoisotopic (exact) mass is 347 g/mol. The average molecular weight is 347 g/mol. The van der Waals surface area contributed by atoms with Gasteiger partial charge in [-0.1, -0.05) is 13.8 Å². The molecule has 1 aromatic heterocycles. The lowest BCUT2D eigenvalue weighted by Gasteiger charge is -2.28. The Hall–Kier alpha value is -1.92. The summed E-state index contributed by atoms with van der Waals surface area (Å²) in [6.45, 7) is 5.79. The molecule has 5 nitrogen and oxygen atoms in total. The highest BCUT2D eigenvalue weighted by atomic mass is 32.1. The van der Waals surface area contributed by atoms with Gasteiger partial charge in [-0.25, -0.2) is 4.98 Å². The van der Waals surface area contributed by atoms with E-state index in [2.05, 4.69) is 29.0 Å². The van der Waals surface area contributed by atoms with Crippen LogP contribution in [0.2, 0.25) is 0 Å². The summed E-state index contributed by atoms with van der Waals surface area (Å²) in [5.41, 5.74) is 1.45. The van der Waals surface area contributed by atoms with Gasteiger partial charge in [0.25, 0.3) is 5.91 Å². The van der Waals surface area contributed by atoms with E-state index in [1.165, 1.54) is 11.3 Å². The maximum absolute atomic E-state index is 12.3. The topological polar surface area (TPSA) is 54.5 Å². The van der Waals surface area contributed by atoms with Crippen molar-refractivity contribution in [2.45, 2.75) is 13.8 Å². The lowest BCUT2D eigenvalue weighted by Crippen LogP contribution is -2.40. The molecule has 0 aliphatic rings. The van der Waals surface area contributed by atoms with Crippen LogP contribution in [0.25, 0.3) is 10.6 Å². The molecule has 24 heavy (non-hydrogen) atoms. The molecule has 0 atom stereocenters. The molecule has 0 unspecified atom stereocenters. The molecule has 0 aliphatic carbocycles. The number of amides is 1. The van der Waals surface area contributed by atoms with Crippen LogP contribution in [-0.2, 0) is 0 Å². The Morgan fingerprint density at radius 1 is 1.29 bits per heavy atom. The number of nitrogens with zero attached hydrogens (tertiary/aromatic N) is 2. The number of thiazole rings is 1. The SMILES string of the molecule is COc1ccc(-c2nc(C(=O)NCC(C)(C)CN(C)C)cs2)cc1. The first kappa shape index (κ1) is 18.4. The maximum atomic E-state index is 12.3. The van der Waals surface area contributed by atoms with Crippen LogP contribution in [0.3, 0.4) is 0 Å². The summed E-state index contributed by atoms with van der Waals surface area (Å²) in [6.07, 6.45) is 0. The van der Waals surface area contributed by atoms with Gasteiger partial charge in [0.05, 0.1) is 7.11 Å². The van der Waals surface area contributed by atoms with Gasteiger partial charge in [0.1, 0.15) is 16.5 Å². The first-order valence-corrected chi connectivity index (χ1v) is 8.71. The van der Waals surface area contributed by atoms with Crippen LogP contribution in [0.4, 0.5) is 0 Å². The molecular weight excluding hydrogens is 322 g/mol. The molecule has 2 rings (SSSR count). The quantitative estimate of drug-likeness (QED) is 0.836. The van der Waals surface area contributed by atoms with Crippen molar-refractivity contribution in [3.05, 3.63) is 35.3 Å². The molecule has 1 aromatic carbocycles. The second kappa shape index (κ2) is 7.77. The fourth-order valence-electron chi connectivity index (χ4n) is 2.57. The summed E-state index contributed by atoms with van der Waals surface area (Å²) in [7, 11) is 5.70. The third-order valence-electron chi connectivity index (χ3n) is 3.55. The van der Waals surface area contributed by atoms with Gasteiger partial charge < -0.3 is 15.0 Å². The average Bonchev–Trinajstić information content (AvgIpc) is 3.01. The standard InChI is InChI=1S/C18H25N3O2S/c1-18(2,12-21(3)4)11-19-16(22)15-10-24-17(20-15)13-6-8-14(23-5)9-7-13/h6-10H,11-12H2,1-5H3,(H,19,22).